The zero-order valence-corrected chi connectivity index (χ0v) is 10.2. The van der Waals surface area contributed by atoms with Gasteiger partial charge in [0.2, 0.25) is 0 Å². The molecule has 0 radical (unpaired) electrons. The number of aryl methyl sites for hydroxylation is 1. The van der Waals surface area contributed by atoms with E-state index in [4.69, 9.17) is 0 Å². The third kappa shape index (κ3) is 1.86. The number of hydrogen-bond acceptors (Lipinski definition) is 5. The van der Waals surface area contributed by atoms with Gasteiger partial charge in [-0.05, 0) is 31.9 Å². The van der Waals surface area contributed by atoms with E-state index in [9.17, 15) is 5.11 Å². The van der Waals surface area contributed by atoms with E-state index in [1.807, 2.05) is 19.2 Å². The maximum atomic E-state index is 9.73. The van der Waals surface area contributed by atoms with Crippen molar-refractivity contribution >= 4 is 22.3 Å². The second kappa shape index (κ2) is 4.09. The van der Waals surface area contributed by atoms with Crippen molar-refractivity contribution in [3.8, 4) is 5.75 Å². The van der Waals surface area contributed by atoms with Crippen LogP contribution in [0.1, 0.15) is 16.8 Å². The van der Waals surface area contributed by atoms with Gasteiger partial charge in [0.1, 0.15) is 11.6 Å². The third-order valence-electron chi connectivity index (χ3n) is 2.55. The van der Waals surface area contributed by atoms with Crippen molar-refractivity contribution in [3.63, 3.8) is 0 Å². The molecule has 0 aliphatic rings. The summed E-state index contributed by atoms with van der Waals surface area (Å²) in [5, 5.41) is 15.6. The van der Waals surface area contributed by atoms with Gasteiger partial charge in [0, 0.05) is 11.6 Å². The molecule has 16 heavy (non-hydrogen) atoms. The van der Waals surface area contributed by atoms with Gasteiger partial charge in [-0.3, -0.25) is 0 Å². The second-order valence-electron chi connectivity index (χ2n) is 3.61. The fourth-order valence-corrected chi connectivity index (χ4v) is 1.97. The number of nitrogens with zero attached hydrogens (tertiary/aromatic N) is 2. The van der Waals surface area contributed by atoms with E-state index < -0.39 is 0 Å². The van der Waals surface area contributed by atoms with E-state index in [1.54, 1.807) is 13.1 Å². The summed E-state index contributed by atoms with van der Waals surface area (Å²) in [7, 11) is 0. The molecule has 5 heteroatoms. The van der Waals surface area contributed by atoms with Gasteiger partial charge in [-0.2, -0.15) is 0 Å². The summed E-state index contributed by atoms with van der Waals surface area (Å²) in [5.74, 6) is 1.02. The summed E-state index contributed by atoms with van der Waals surface area (Å²) in [6.07, 6.45) is 1.74. The van der Waals surface area contributed by atoms with Crippen molar-refractivity contribution in [1.82, 2.24) is 9.97 Å². The third-order valence-corrected chi connectivity index (χ3v) is 3.24. The monoisotopic (exact) mass is 235 g/mol. The Balaban J connectivity index is 2.42. The number of thiazole rings is 1. The Labute approximate surface area is 98.0 Å². The SMILES string of the molecule is Cc1nc(Nc2nccs2)c(C)c(C)c1O. The number of anilines is 2. The lowest BCUT2D eigenvalue weighted by Gasteiger charge is -2.11. The van der Waals surface area contributed by atoms with Gasteiger partial charge >= 0.3 is 0 Å². The average Bonchev–Trinajstić information content (AvgIpc) is 2.76. The van der Waals surface area contributed by atoms with Crippen LogP contribution in [0.25, 0.3) is 0 Å². The number of pyridine rings is 1. The van der Waals surface area contributed by atoms with Crippen molar-refractivity contribution in [1.29, 1.82) is 0 Å². The molecule has 0 aliphatic carbocycles. The summed E-state index contributed by atoms with van der Waals surface area (Å²) in [6.45, 7) is 5.60. The molecular formula is C11H13N3OS. The maximum Gasteiger partial charge on any atom is 0.188 e. The fraction of sp³-hybridized carbons (Fsp3) is 0.273. The van der Waals surface area contributed by atoms with E-state index in [2.05, 4.69) is 15.3 Å². The molecule has 2 aromatic rings. The first kappa shape index (κ1) is 10.9. The topological polar surface area (TPSA) is 58.0 Å². The Bertz CT molecular complexity index is 508. The predicted molar refractivity (Wildman–Crippen MR) is 65.5 cm³/mol. The van der Waals surface area contributed by atoms with Crippen molar-refractivity contribution in [2.45, 2.75) is 20.8 Å². The van der Waals surface area contributed by atoms with Gasteiger partial charge in [-0.15, -0.1) is 11.3 Å². The molecule has 0 atom stereocenters. The molecule has 4 nitrogen and oxygen atoms in total. The number of nitrogens with one attached hydrogen (secondary N) is 1. The van der Waals surface area contributed by atoms with Gasteiger partial charge in [-0.1, -0.05) is 0 Å². The fourth-order valence-electron chi connectivity index (χ4n) is 1.44. The molecule has 2 rings (SSSR count). The van der Waals surface area contributed by atoms with E-state index >= 15 is 0 Å². The van der Waals surface area contributed by atoms with Crippen LogP contribution in [0.4, 0.5) is 10.9 Å². The number of aromatic nitrogens is 2. The summed E-state index contributed by atoms with van der Waals surface area (Å²) in [4.78, 5) is 8.45. The molecule has 0 saturated carbocycles. The van der Waals surface area contributed by atoms with E-state index in [1.165, 1.54) is 11.3 Å². The first-order valence-electron chi connectivity index (χ1n) is 4.93. The van der Waals surface area contributed by atoms with E-state index in [0.29, 0.717) is 5.69 Å². The average molecular weight is 235 g/mol. The molecule has 0 fully saturated rings. The molecule has 0 unspecified atom stereocenters. The van der Waals surface area contributed by atoms with Crippen LogP contribution < -0.4 is 5.32 Å². The summed E-state index contributed by atoms with van der Waals surface area (Å²) < 4.78 is 0. The smallest absolute Gasteiger partial charge is 0.188 e. The minimum atomic E-state index is 0.266. The number of aromatic hydroxyl groups is 1. The van der Waals surface area contributed by atoms with Gasteiger partial charge in [-0.25, -0.2) is 9.97 Å². The first-order valence-corrected chi connectivity index (χ1v) is 5.81. The second-order valence-corrected chi connectivity index (χ2v) is 4.50. The molecule has 0 saturated heterocycles. The van der Waals surface area contributed by atoms with Crippen LogP contribution in [0.2, 0.25) is 0 Å². The molecule has 0 bridgehead atoms. The molecule has 2 N–H and O–H groups in total. The Hall–Kier alpha value is -1.62. The molecule has 2 aromatic heterocycles. The highest BCUT2D eigenvalue weighted by atomic mass is 32.1. The Kier molecular flexibility index (Phi) is 2.78. The Morgan fingerprint density at radius 3 is 2.62 bits per heavy atom. The summed E-state index contributed by atoms with van der Waals surface area (Å²) in [6, 6.07) is 0. The van der Waals surface area contributed by atoms with Crippen molar-refractivity contribution < 1.29 is 5.11 Å². The summed E-state index contributed by atoms with van der Waals surface area (Å²) in [5.41, 5.74) is 2.42. The highest BCUT2D eigenvalue weighted by molar-refractivity contribution is 7.13. The standard InChI is InChI=1S/C11H13N3OS/c1-6-7(2)10(13-8(3)9(6)15)14-11-12-4-5-16-11/h4-5,15H,1-3H3,(H,12,13,14). The lowest BCUT2D eigenvalue weighted by atomic mass is 10.1. The number of rotatable bonds is 2. The van der Waals surface area contributed by atoms with Gasteiger partial charge in [0.25, 0.3) is 0 Å². The van der Waals surface area contributed by atoms with Crippen LogP contribution in [0.5, 0.6) is 5.75 Å². The predicted octanol–water partition coefficient (Wildman–Crippen LogP) is 2.91. The summed E-state index contributed by atoms with van der Waals surface area (Å²) >= 11 is 1.52. The molecule has 0 amide bonds. The molecule has 0 aliphatic heterocycles. The van der Waals surface area contributed by atoms with E-state index in [-0.39, 0.29) is 5.75 Å². The van der Waals surface area contributed by atoms with Crippen molar-refractivity contribution in [3.05, 3.63) is 28.4 Å². The van der Waals surface area contributed by atoms with Gasteiger partial charge in [0.15, 0.2) is 5.13 Å². The highest BCUT2D eigenvalue weighted by Crippen LogP contribution is 2.29. The Morgan fingerprint density at radius 1 is 1.25 bits per heavy atom. The van der Waals surface area contributed by atoms with Crippen LogP contribution >= 0.6 is 11.3 Å². The minimum Gasteiger partial charge on any atom is -0.506 e. The van der Waals surface area contributed by atoms with Crippen molar-refractivity contribution in [2.24, 2.45) is 0 Å². The van der Waals surface area contributed by atoms with Gasteiger partial charge in [0.05, 0.1) is 5.69 Å². The molecular weight excluding hydrogens is 222 g/mol. The highest BCUT2D eigenvalue weighted by Gasteiger charge is 2.11. The lowest BCUT2D eigenvalue weighted by Crippen LogP contribution is -2.00. The van der Waals surface area contributed by atoms with Crippen molar-refractivity contribution in [2.75, 3.05) is 5.32 Å². The Morgan fingerprint density at radius 2 is 2.00 bits per heavy atom. The number of hydrogen-bond donors (Lipinski definition) is 2. The van der Waals surface area contributed by atoms with Crippen LogP contribution in [0, 0.1) is 20.8 Å². The van der Waals surface area contributed by atoms with Gasteiger partial charge < -0.3 is 10.4 Å². The molecule has 0 aromatic carbocycles. The zero-order chi connectivity index (χ0) is 11.7. The zero-order valence-electron chi connectivity index (χ0n) is 9.40. The quantitative estimate of drug-likeness (QED) is 0.840. The molecule has 84 valence electrons. The lowest BCUT2D eigenvalue weighted by molar-refractivity contribution is 0.463. The van der Waals surface area contributed by atoms with Crippen LogP contribution in [-0.4, -0.2) is 15.1 Å². The minimum absolute atomic E-state index is 0.266. The van der Waals surface area contributed by atoms with Crippen LogP contribution in [0.3, 0.4) is 0 Å². The van der Waals surface area contributed by atoms with Crippen LogP contribution in [-0.2, 0) is 0 Å². The molecule has 0 spiro atoms. The normalized spacial score (nSPS) is 10.4. The molecule has 2 heterocycles. The first-order chi connectivity index (χ1) is 7.59. The largest absolute Gasteiger partial charge is 0.506 e. The van der Waals surface area contributed by atoms with E-state index in [0.717, 1.165) is 22.1 Å². The maximum absolute atomic E-state index is 9.73. The van der Waals surface area contributed by atoms with Crippen LogP contribution in [0.15, 0.2) is 11.6 Å².